The molecule has 2 amide bonds. The molecule has 0 heterocycles. The van der Waals surface area contributed by atoms with Crippen LogP contribution in [0, 0.1) is 0 Å². The van der Waals surface area contributed by atoms with E-state index < -0.39 is 6.04 Å². The van der Waals surface area contributed by atoms with E-state index in [4.69, 9.17) is 23.2 Å². The number of nitrogens with one attached hydrogen (secondary N) is 1. The molecule has 7 heteroatoms. The summed E-state index contributed by atoms with van der Waals surface area (Å²) in [4.78, 5) is 27.8. The van der Waals surface area contributed by atoms with E-state index in [0.29, 0.717) is 28.8 Å². The van der Waals surface area contributed by atoms with Gasteiger partial charge < -0.3 is 10.2 Å². The predicted octanol–water partition coefficient (Wildman–Crippen LogP) is 5.75. The highest BCUT2D eigenvalue weighted by molar-refractivity contribution is 7.99. The van der Waals surface area contributed by atoms with Crippen LogP contribution in [0.5, 0.6) is 0 Å². The molecule has 1 atom stereocenters. The monoisotopic (exact) mass is 492 g/mol. The van der Waals surface area contributed by atoms with Gasteiger partial charge in [0.1, 0.15) is 6.04 Å². The number of benzene rings is 2. The van der Waals surface area contributed by atoms with Crippen molar-refractivity contribution in [2.75, 3.05) is 12.3 Å². The van der Waals surface area contributed by atoms with Gasteiger partial charge in [-0.2, -0.15) is 0 Å². The highest BCUT2D eigenvalue weighted by Gasteiger charge is 2.28. The summed E-state index contributed by atoms with van der Waals surface area (Å²) in [5.41, 5.74) is 2.09. The molecular weight excluding hydrogens is 463 g/mol. The number of carbonyl (C=O) groups excluding carboxylic acids is 2. The summed E-state index contributed by atoms with van der Waals surface area (Å²) in [6.45, 7) is 2.33. The molecule has 2 aromatic rings. The van der Waals surface area contributed by atoms with E-state index in [1.807, 2.05) is 43.3 Å². The molecule has 0 radical (unpaired) electrons. The van der Waals surface area contributed by atoms with Gasteiger partial charge in [0.2, 0.25) is 11.8 Å². The van der Waals surface area contributed by atoms with Crippen LogP contribution in [0.2, 0.25) is 10.0 Å². The molecule has 1 N–H and O–H groups in total. The fraction of sp³-hybridized carbons (Fsp3) is 0.440. The lowest BCUT2D eigenvalue weighted by Crippen LogP contribution is -2.51. The third-order valence-electron chi connectivity index (χ3n) is 5.85. The van der Waals surface area contributed by atoms with Crippen molar-refractivity contribution in [2.45, 2.75) is 56.9 Å². The Bertz CT molecular complexity index is 904. The maximum atomic E-state index is 13.1. The van der Waals surface area contributed by atoms with Gasteiger partial charge in [-0.15, -0.1) is 11.8 Å². The topological polar surface area (TPSA) is 49.4 Å². The summed E-state index contributed by atoms with van der Waals surface area (Å²) in [5, 5.41) is 4.33. The Labute approximate surface area is 205 Å². The predicted molar refractivity (Wildman–Crippen MR) is 134 cm³/mol. The molecular formula is C25H30Cl2N2O2S. The standard InChI is InChI=1S/C25H30Cl2N2O2S/c1-18(25(31)28-22-9-5-6-10-22)29(14-13-19-7-3-2-4-8-19)24(30)17-32-16-20-11-12-21(26)15-23(20)27/h2-4,7-8,11-12,15,18,22H,5-6,9-10,13-14,16-17H2,1H3,(H,28,31)/t18-/m1/s1. The van der Waals surface area contributed by atoms with E-state index in [1.165, 1.54) is 11.8 Å². The first-order valence-corrected chi connectivity index (χ1v) is 13.0. The Hall–Kier alpha value is -1.69. The fourth-order valence-corrected chi connectivity index (χ4v) is 5.40. The lowest BCUT2D eigenvalue weighted by molar-refractivity contribution is -0.138. The van der Waals surface area contributed by atoms with Gasteiger partial charge in [0, 0.05) is 28.4 Å². The molecule has 32 heavy (non-hydrogen) atoms. The van der Waals surface area contributed by atoms with Gasteiger partial charge in [0.15, 0.2) is 0 Å². The van der Waals surface area contributed by atoms with Crippen molar-refractivity contribution < 1.29 is 9.59 Å². The van der Waals surface area contributed by atoms with Gasteiger partial charge in [-0.3, -0.25) is 9.59 Å². The van der Waals surface area contributed by atoms with E-state index in [9.17, 15) is 9.59 Å². The number of amides is 2. The molecule has 1 saturated carbocycles. The first kappa shape index (κ1) is 24.9. The molecule has 1 aliphatic carbocycles. The van der Waals surface area contributed by atoms with E-state index in [0.717, 1.165) is 36.8 Å². The smallest absolute Gasteiger partial charge is 0.242 e. The van der Waals surface area contributed by atoms with Crippen LogP contribution in [-0.2, 0) is 21.8 Å². The Morgan fingerprint density at radius 2 is 1.84 bits per heavy atom. The Morgan fingerprint density at radius 1 is 1.12 bits per heavy atom. The number of hydrogen-bond donors (Lipinski definition) is 1. The zero-order chi connectivity index (χ0) is 22.9. The van der Waals surface area contributed by atoms with E-state index in [1.54, 1.807) is 17.0 Å². The molecule has 0 spiro atoms. The summed E-state index contributed by atoms with van der Waals surface area (Å²) in [5.74, 6) is 0.792. The van der Waals surface area contributed by atoms with Crippen LogP contribution >= 0.6 is 35.0 Å². The molecule has 3 rings (SSSR count). The molecule has 0 unspecified atom stereocenters. The normalized spacial score (nSPS) is 14.8. The zero-order valence-corrected chi connectivity index (χ0v) is 20.7. The molecule has 0 aromatic heterocycles. The minimum Gasteiger partial charge on any atom is -0.352 e. The summed E-state index contributed by atoms with van der Waals surface area (Å²) >= 11 is 13.7. The highest BCUT2D eigenvalue weighted by atomic mass is 35.5. The molecule has 172 valence electrons. The average Bonchev–Trinajstić information content (AvgIpc) is 3.29. The van der Waals surface area contributed by atoms with E-state index in [-0.39, 0.29) is 23.6 Å². The molecule has 1 fully saturated rings. The summed E-state index contributed by atoms with van der Waals surface area (Å²) < 4.78 is 0. The SMILES string of the molecule is C[C@H](C(=O)NC1CCCC1)N(CCc1ccccc1)C(=O)CSCc1ccc(Cl)cc1Cl. The van der Waals surface area contributed by atoms with Crippen molar-refractivity contribution in [3.63, 3.8) is 0 Å². The molecule has 1 aliphatic rings. The van der Waals surface area contributed by atoms with Crippen LogP contribution in [0.25, 0.3) is 0 Å². The Morgan fingerprint density at radius 3 is 2.53 bits per heavy atom. The van der Waals surface area contributed by atoms with Crippen LogP contribution in [0.1, 0.15) is 43.7 Å². The number of carbonyl (C=O) groups is 2. The molecule has 2 aromatic carbocycles. The van der Waals surface area contributed by atoms with Gasteiger partial charge in [-0.1, -0.05) is 72.4 Å². The maximum absolute atomic E-state index is 13.1. The first-order chi connectivity index (χ1) is 15.4. The number of thioether (sulfide) groups is 1. The summed E-state index contributed by atoms with van der Waals surface area (Å²) in [6.07, 6.45) is 5.06. The molecule has 0 bridgehead atoms. The Balaban J connectivity index is 1.61. The molecule has 0 aliphatic heterocycles. The van der Waals surface area contributed by atoms with Crippen LogP contribution in [0.3, 0.4) is 0 Å². The number of halogens is 2. The summed E-state index contributed by atoms with van der Waals surface area (Å²) in [6, 6.07) is 15.2. The lowest BCUT2D eigenvalue weighted by Gasteiger charge is -2.29. The van der Waals surface area contributed by atoms with E-state index in [2.05, 4.69) is 5.32 Å². The van der Waals surface area contributed by atoms with Gasteiger partial charge in [0.05, 0.1) is 5.75 Å². The largest absolute Gasteiger partial charge is 0.352 e. The zero-order valence-electron chi connectivity index (χ0n) is 18.4. The van der Waals surface area contributed by atoms with Crippen molar-refractivity contribution in [1.29, 1.82) is 0 Å². The summed E-state index contributed by atoms with van der Waals surface area (Å²) in [7, 11) is 0. The third kappa shape index (κ3) is 7.43. The van der Waals surface area contributed by atoms with Crippen LogP contribution < -0.4 is 5.32 Å². The van der Waals surface area contributed by atoms with Gasteiger partial charge in [-0.05, 0) is 49.4 Å². The van der Waals surface area contributed by atoms with Crippen LogP contribution in [0.15, 0.2) is 48.5 Å². The van der Waals surface area contributed by atoms with Crippen molar-refractivity contribution >= 4 is 46.8 Å². The average molecular weight is 494 g/mol. The van der Waals surface area contributed by atoms with Crippen molar-refractivity contribution in [3.05, 3.63) is 69.7 Å². The van der Waals surface area contributed by atoms with Crippen LogP contribution in [-0.4, -0.2) is 41.1 Å². The minimum absolute atomic E-state index is 0.0370. The van der Waals surface area contributed by atoms with Crippen molar-refractivity contribution in [2.24, 2.45) is 0 Å². The quantitative estimate of drug-likeness (QED) is 0.459. The van der Waals surface area contributed by atoms with Crippen molar-refractivity contribution in [3.8, 4) is 0 Å². The van der Waals surface area contributed by atoms with Gasteiger partial charge in [0.25, 0.3) is 0 Å². The van der Waals surface area contributed by atoms with Crippen molar-refractivity contribution in [1.82, 2.24) is 10.2 Å². The lowest BCUT2D eigenvalue weighted by atomic mass is 10.1. The third-order valence-corrected chi connectivity index (χ3v) is 7.40. The molecule has 4 nitrogen and oxygen atoms in total. The van der Waals surface area contributed by atoms with E-state index >= 15 is 0 Å². The second kappa shape index (κ2) is 12.5. The maximum Gasteiger partial charge on any atom is 0.242 e. The highest BCUT2D eigenvalue weighted by Crippen LogP contribution is 2.25. The number of rotatable bonds is 10. The van der Waals surface area contributed by atoms with Crippen LogP contribution in [0.4, 0.5) is 0 Å². The first-order valence-electron chi connectivity index (χ1n) is 11.1. The second-order valence-corrected chi connectivity index (χ2v) is 10.0. The minimum atomic E-state index is -0.508. The molecule has 0 saturated heterocycles. The fourth-order valence-electron chi connectivity index (χ4n) is 3.93. The van der Waals surface area contributed by atoms with Gasteiger partial charge >= 0.3 is 0 Å². The van der Waals surface area contributed by atoms with Gasteiger partial charge in [-0.25, -0.2) is 0 Å². The number of hydrogen-bond acceptors (Lipinski definition) is 3. The Kier molecular flexibility index (Phi) is 9.76. The second-order valence-electron chi connectivity index (χ2n) is 8.22. The number of nitrogens with zero attached hydrogens (tertiary/aromatic N) is 1.